The summed E-state index contributed by atoms with van der Waals surface area (Å²) in [6, 6.07) is 10.8. The highest BCUT2D eigenvalue weighted by atomic mass is 16.4. The van der Waals surface area contributed by atoms with Gasteiger partial charge in [-0.2, -0.15) is 0 Å². The Labute approximate surface area is 138 Å². The number of carboxylic acids is 1. The van der Waals surface area contributed by atoms with Gasteiger partial charge in [-0.15, -0.1) is 0 Å². The quantitative estimate of drug-likeness (QED) is 0.748. The Morgan fingerprint density at radius 2 is 1.96 bits per heavy atom. The summed E-state index contributed by atoms with van der Waals surface area (Å²) in [6.45, 7) is 3.45. The molecule has 6 heteroatoms. The molecule has 0 saturated carbocycles. The molecule has 3 rings (SSSR count). The molecule has 0 fully saturated rings. The van der Waals surface area contributed by atoms with Crippen molar-refractivity contribution in [3.8, 4) is 0 Å². The summed E-state index contributed by atoms with van der Waals surface area (Å²) in [5.41, 5.74) is 0.837. The fourth-order valence-electron chi connectivity index (χ4n) is 2.52. The first kappa shape index (κ1) is 15.9. The van der Waals surface area contributed by atoms with E-state index in [2.05, 4.69) is 5.32 Å². The summed E-state index contributed by atoms with van der Waals surface area (Å²) in [4.78, 5) is 23.3. The van der Waals surface area contributed by atoms with Crippen LogP contribution in [0.25, 0.3) is 11.0 Å². The molecule has 0 aliphatic heterocycles. The number of fused-ring (bicyclic) bond motifs is 1. The Balaban J connectivity index is 1.68. The minimum atomic E-state index is -1.05. The van der Waals surface area contributed by atoms with Crippen LogP contribution in [0, 0.1) is 6.92 Å². The van der Waals surface area contributed by atoms with E-state index in [1.807, 2.05) is 30.3 Å². The fraction of sp³-hybridized carbons (Fsp3) is 0.222. The molecule has 2 aromatic heterocycles. The van der Waals surface area contributed by atoms with Gasteiger partial charge in [0.2, 0.25) is 5.91 Å². The molecule has 1 aromatic carbocycles. The summed E-state index contributed by atoms with van der Waals surface area (Å²) in [5, 5.41) is 12.7. The summed E-state index contributed by atoms with van der Waals surface area (Å²) in [5.74, 6) is -0.445. The van der Waals surface area contributed by atoms with Gasteiger partial charge >= 0.3 is 5.97 Å². The number of rotatable bonds is 5. The zero-order chi connectivity index (χ0) is 17.3. The maximum atomic E-state index is 12.3. The Bertz CT molecular complexity index is 872. The van der Waals surface area contributed by atoms with Crippen molar-refractivity contribution >= 4 is 22.8 Å². The van der Waals surface area contributed by atoms with Gasteiger partial charge < -0.3 is 19.3 Å². The number of amides is 1. The zero-order valence-electron chi connectivity index (χ0n) is 13.3. The van der Waals surface area contributed by atoms with E-state index in [4.69, 9.17) is 13.9 Å². The van der Waals surface area contributed by atoms with Gasteiger partial charge in [-0.05, 0) is 32.0 Å². The molecular weight excluding hydrogens is 310 g/mol. The van der Waals surface area contributed by atoms with Gasteiger partial charge in [-0.3, -0.25) is 4.79 Å². The Morgan fingerprint density at radius 3 is 2.62 bits per heavy atom. The van der Waals surface area contributed by atoms with E-state index in [0.29, 0.717) is 17.3 Å². The average Bonchev–Trinajstić information content (AvgIpc) is 3.15. The monoisotopic (exact) mass is 327 g/mol. The maximum absolute atomic E-state index is 12.3. The molecule has 24 heavy (non-hydrogen) atoms. The SMILES string of the molecule is Cc1oc(CNC(=O)[C@@H](C)c2cc3ccccc3o2)cc1C(=O)O. The van der Waals surface area contributed by atoms with Crippen molar-refractivity contribution in [2.24, 2.45) is 0 Å². The highest BCUT2D eigenvalue weighted by Gasteiger charge is 2.20. The number of hydrogen-bond donors (Lipinski definition) is 2. The smallest absolute Gasteiger partial charge is 0.339 e. The number of hydrogen-bond acceptors (Lipinski definition) is 4. The number of carbonyl (C=O) groups excluding carboxylic acids is 1. The molecule has 0 aliphatic rings. The van der Waals surface area contributed by atoms with Crippen LogP contribution < -0.4 is 5.32 Å². The van der Waals surface area contributed by atoms with Gasteiger partial charge in [0, 0.05) is 5.39 Å². The van der Waals surface area contributed by atoms with Crippen molar-refractivity contribution in [1.29, 1.82) is 0 Å². The number of furan rings is 2. The Kier molecular flexibility index (Phi) is 4.12. The fourth-order valence-corrected chi connectivity index (χ4v) is 2.52. The van der Waals surface area contributed by atoms with Crippen molar-refractivity contribution in [2.45, 2.75) is 26.3 Å². The first-order valence-corrected chi connectivity index (χ1v) is 7.54. The summed E-state index contributed by atoms with van der Waals surface area (Å²) in [7, 11) is 0. The van der Waals surface area contributed by atoms with Crippen molar-refractivity contribution in [2.75, 3.05) is 0 Å². The molecule has 2 heterocycles. The first-order chi connectivity index (χ1) is 11.5. The van der Waals surface area contributed by atoms with Crippen LogP contribution in [0.5, 0.6) is 0 Å². The molecule has 0 radical (unpaired) electrons. The molecule has 0 aliphatic carbocycles. The van der Waals surface area contributed by atoms with E-state index in [1.165, 1.54) is 6.07 Å². The van der Waals surface area contributed by atoms with Crippen LogP contribution in [0.4, 0.5) is 0 Å². The second-order valence-corrected chi connectivity index (χ2v) is 5.61. The van der Waals surface area contributed by atoms with E-state index in [9.17, 15) is 9.59 Å². The van der Waals surface area contributed by atoms with E-state index in [-0.39, 0.29) is 18.0 Å². The molecule has 0 bridgehead atoms. The highest BCUT2D eigenvalue weighted by molar-refractivity contribution is 5.89. The Hall–Kier alpha value is -3.02. The number of nitrogens with one attached hydrogen (secondary N) is 1. The van der Waals surface area contributed by atoms with Crippen LogP contribution in [0.2, 0.25) is 0 Å². The summed E-state index contributed by atoms with van der Waals surface area (Å²) in [6.07, 6.45) is 0. The van der Waals surface area contributed by atoms with E-state index < -0.39 is 11.9 Å². The molecule has 0 unspecified atom stereocenters. The minimum Gasteiger partial charge on any atom is -0.478 e. The average molecular weight is 327 g/mol. The third-order valence-corrected chi connectivity index (χ3v) is 3.90. The first-order valence-electron chi connectivity index (χ1n) is 7.54. The van der Waals surface area contributed by atoms with Gasteiger partial charge in [-0.25, -0.2) is 4.79 Å². The van der Waals surface area contributed by atoms with Gasteiger partial charge in [0.1, 0.15) is 28.4 Å². The normalized spacial score (nSPS) is 12.2. The summed E-state index contributed by atoms with van der Waals surface area (Å²) >= 11 is 0. The molecule has 6 nitrogen and oxygen atoms in total. The maximum Gasteiger partial charge on any atom is 0.339 e. The standard InChI is InChI=1S/C18H17NO5/c1-10(16-7-12-5-3-4-6-15(12)24-16)17(20)19-9-13-8-14(18(21)22)11(2)23-13/h3-8,10H,9H2,1-2H3,(H,19,20)(H,21,22)/t10-/m0/s1. The van der Waals surface area contributed by atoms with Crippen LogP contribution in [0.3, 0.4) is 0 Å². The largest absolute Gasteiger partial charge is 0.478 e. The Morgan fingerprint density at radius 1 is 1.21 bits per heavy atom. The number of aryl methyl sites for hydroxylation is 1. The predicted molar refractivity (Wildman–Crippen MR) is 86.9 cm³/mol. The molecule has 124 valence electrons. The topological polar surface area (TPSA) is 92.7 Å². The van der Waals surface area contributed by atoms with Crippen molar-refractivity contribution < 1.29 is 23.5 Å². The van der Waals surface area contributed by atoms with Crippen LogP contribution in [0.1, 0.15) is 40.5 Å². The molecule has 0 saturated heterocycles. The van der Waals surface area contributed by atoms with E-state index >= 15 is 0 Å². The molecule has 2 N–H and O–H groups in total. The lowest BCUT2D eigenvalue weighted by atomic mass is 10.1. The van der Waals surface area contributed by atoms with Gasteiger partial charge in [-0.1, -0.05) is 18.2 Å². The molecule has 0 spiro atoms. The highest BCUT2D eigenvalue weighted by Crippen LogP contribution is 2.25. The van der Waals surface area contributed by atoms with Crippen LogP contribution in [-0.4, -0.2) is 17.0 Å². The second kappa shape index (κ2) is 6.23. The molecule has 3 aromatic rings. The van der Waals surface area contributed by atoms with Crippen molar-refractivity contribution in [3.63, 3.8) is 0 Å². The number of carboxylic acid groups (broad SMARTS) is 1. The number of aromatic carboxylic acids is 1. The minimum absolute atomic E-state index is 0.101. The van der Waals surface area contributed by atoms with Crippen molar-refractivity contribution in [1.82, 2.24) is 5.32 Å². The van der Waals surface area contributed by atoms with Crippen molar-refractivity contribution in [3.05, 3.63) is 59.2 Å². The molecule has 1 amide bonds. The van der Waals surface area contributed by atoms with Crippen LogP contribution in [0.15, 0.2) is 45.2 Å². The third kappa shape index (κ3) is 3.03. The lowest BCUT2D eigenvalue weighted by molar-refractivity contribution is -0.122. The van der Waals surface area contributed by atoms with Gasteiger partial charge in [0.05, 0.1) is 12.5 Å². The number of carbonyl (C=O) groups is 2. The van der Waals surface area contributed by atoms with E-state index in [1.54, 1.807) is 13.8 Å². The second-order valence-electron chi connectivity index (χ2n) is 5.61. The predicted octanol–water partition coefficient (Wildman–Crippen LogP) is 3.45. The number of benzene rings is 1. The van der Waals surface area contributed by atoms with Gasteiger partial charge in [0.25, 0.3) is 0 Å². The third-order valence-electron chi connectivity index (χ3n) is 3.90. The van der Waals surface area contributed by atoms with E-state index in [0.717, 1.165) is 11.0 Å². The van der Waals surface area contributed by atoms with Crippen LogP contribution >= 0.6 is 0 Å². The molecule has 1 atom stereocenters. The lowest BCUT2D eigenvalue weighted by Gasteiger charge is -2.08. The lowest BCUT2D eigenvalue weighted by Crippen LogP contribution is -2.27. The zero-order valence-corrected chi connectivity index (χ0v) is 13.3. The molecular formula is C18H17NO5. The summed E-state index contributed by atoms with van der Waals surface area (Å²) < 4.78 is 11.0. The van der Waals surface area contributed by atoms with Gasteiger partial charge in [0.15, 0.2) is 0 Å². The number of para-hydroxylation sites is 1. The van der Waals surface area contributed by atoms with Crippen LogP contribution in [-0.2, 0) is 11.3 Å².